The average molecular weight is 478 g/mol. The molecule has 34 heavy (non-hydrogen) atoms. The first kappa shape index (κ1) is 24.3. The van der Waals surface area contributed by atoms with Gasteiger partial charge < -0.3 is 14.8 Å². The van der Waals surface area contributed by atoms with Crippen molar-refractivity contribution in [3.05, 3.63) is 98.6 Å². The summed E-state index contributed by atoms with van der Waals surface area (Å²) < 4.78 is 11.2. The number of anilines is 1. The van der Waals surface area contributed by atoms with Gasteiger partial charge in [0.05, 0.1) is 11.5 Å². The molecule has 3 aromatic rings. The number of nitro groups is 1. The maximum absolute atomic E-state index is 12.7. The molecule has 0 unspecified atom stereocenters. The molecular weight excluding hydrogens is 458 g/mol. The van der Waals surface area contributed by atoms with Crippen LogP contribution in [0.25, 0.3) is 6.08 Å². The van der Waals surface area contributed by atoms with Crippen LogP contribution in [0.1, 0.15) is 18.1 Å². The molecule has 0 bridgehead atoms. The van der Waals surface area contributed by atoms with E-state index in [0.717, 1.165) is 0 Å². The van der Waals surface area contributed by atoms with Crippen molar-refractivity contribution >= 4 is 35.0 Å². The van der Waals surface area contributed by atoms with E-state index in [9.17, 15) is 20.2 Å². The predicted octanol–water partition coefficient (Wildman–Crippen LogP) is 5.77. The molecule has 0 saturated carbocycles. The quantitative estimate of drug-likeness (QED) is 0.181. The minimum atomic E-state index is -0.601. The van der Waals surface area contributed by atoms with E-state index >= 15 is 0 Å². The Labute approximate surface area is 201 Å². The number of nitrogens with one attached hydrogen (secondary N) is 1. The Morgan fingerprint density at radius 2 is 1.91 bits per heavy atom. The van der Waals surface area contributed by atoms with Crippen molar-refractivity contribution in [1.82, 2.24) is 0 Å². The van der Waals surface area contributed by atoms with E-state index in [1.807, 2.05) is 13.0 Å². The summed E-state index contributed by atoms with van der Waals surface area (Å²) >= 11 is 6.11. The number of rotatable bonds is 9. The van der Waals surface area contributed by atoms with E-state index < -0.39 is 10.8 Å². The summed E-state index contributed by atoms with van der Waals surface area (Å²) in [5.74, 6) is 0.426. The van der Waals surface area contributed by atoms with E-state index in [1.165, 1.54) is 18.2 Å². The van der Waals surface area contributed by atoms with Crippen LogP contribution in [0.2, 0.25) is 5.02 Å². The third kappa shape index (κ3) is 6.58. The van der Waals surface area contributed by atoms with Gasteiger partial charge in [-0.05, 0) is 61.0 Å². The van der Waals surface area contributed by atoms with Crippen LogP contribution in [-0.2, 0) is 11.4 Å². The molecule has 0 spiro atoms. The van der Waals surface area contributed by atoms with E-state index in [2.05, 4.69) is 5.32 Å². The molecule has 9 heteroatoms. The average Bonchev–Trinajstić information content (AvgIpc) is 2.83. The maximum atomic E-state index is 12.7. The number of hydrogen-bond acceptors (Lipinski definition) is 6. The molecule has 3 aromatic carbocycles. The van der Waals surface area contributed by atoms with E-state index in [1.54, 1.807) is 54.6 Å². The predicted molar refractivity (Wildman–Crippen MR) is 129 cm³/mol. The highest BCUT2D eigenvalue weighted by Crippen LogP contribution is 2.27. The molecule has 3 rings (SSSR count). The lowest BCUT2D eigenvalue weighted by molar-refractivity contribution is -0.384. The molecule has 172 valence electrons. The summed E-state index contributed by atoms with van der Waals surface area (Å²) in [6.45, 7) is 2.44. The summed E-state index contributed by atoms with van der Waals surface area (Å²) in [5.41, 5.74) is 1.30. The van der Waals surface area contributed by atoms with Gasteiger partial charge >= 0.3 is 0 Å². The Morgan fingerprint density at radius 3 is 2.59 bits per heavy atom. The van der Waals surface area contributed by atoms with Crippen LogP contribution in [-0.4, -0.2) is 17.4 Å². The lowest BCUT2D eigenvalue weighted by atomic mass is 10.1. The normalized spacial score (nSPS) is 10.8. The maximum Gasteiger partial charge on any atom is 0.269 e. The van der Waals surface area contributed by atoms with Crippen LogP contribution >= 0.6 is 11.6 Å². The zero-order valence-electron chi connectivity index (χ0n) is 18.2. The number of non-ortho nitro benzene ring substituents is 1. The van der Waals surface area contributed by atoms with Gasteiger partial charge in [-0.2, -0.15) is 5.26 Å². The first-order valence-electron chi connectivity index (χ1n) is 10.2. The summed E-state index contributed by atoms with van der Waals surface area (Å²) in [6, 6.07) is 19.5. The van der Waals surface area contributed by atoms with Crippen LogP contribution in [0.15, 0.2) is 72.3 Å². The summed E-state index contributed by atoms with van der Waals surface area (Å²) in [6.07, 6.45) is 1.37. The van der Waals surface area contributed by atoms with Crippen molar-refractivity contribution in [1.29, 1.82) is 5.26 Å². The van der Waals surface area contributed by atoms with Gasteiger partial charge in [0.25, 0.3) is 11.6 Å². The molecular formula is C25H20ClN3O5. The fourth-order valence-corrected chi connectivity index (χ4v) is 3.17. The molecule has 0 aliphatic carbocycles. The van der Waals surface area contributed by atoms with Gasteiger partial charge in [-0.1, -0.05) is 23.7 Å². The van der Waals surface area contributed by atoms with Gasteiger partial charge in [-0.15, -0.1) is 0 Å². The summed E-state index contributed by atoms with van der Waals surface area (Å²) in [4.78, 5) is 23.2. The fraction of sp³-hybridized carbons (Fsp3) is 0.120. The lowest BCUT2D eigenvalue weighted by Gasteiger charge is -2.11. The van der Waals surface area contributed by atoms with Crippen molar-refractivity contribution in [3.63, 3.8) is 0 Å². The molecule has 0 fully saturated rings. The topological polar surface area (TPSA) is 114 Å². The molecule has 8 nitrogen and oxygen atoms in total. The molecule has 0 aliphatic rings. The van der Waals surface area contributed by atoms with Gasteiger partial charge in [0.2, 0.25) is 0 Å². The molecule has 1 amide bonds. The van der Waals surface area contributed by atoms with Crippen LogP contribution in [0.3, 0.4) is 0 Å². The van der Waals surface area contributed by atoms with Gasteiger partial charge in [0.15, 0.2) is 0 Å². The Kier molecular flexibility index (Phi) is 8.21. The first-order chi connectivity index (χ1) is 16.4. The van der Waals surface area contributed by atoms with Gasteiger partial charge in [0, 0.05) is 28.4 Å². The Morgan fingerprint density at radius 1 is 1.15 bits per heavy atom. The number of hydrogen-bond donors (Lipinski definition) is 1. The largest absolute Gasteiger partial charge is 0.494 e. The van der Waals surface area contributed by atoms with E-state index in [4.69, 9.17) is 21.1 Å². The molecule has 0 saturated heterocycles. The number of nitrogens with zero attached hydrogens (tertiary/aromatic N) is 2. The van der Waals surface area contributed by atoms with Crippen molar-refractivity contribution in [3.8, 4) is 17.6 Å². The van der Waals surface area contributed by atoms with Gasteiger partial charge in [-0.25, -0.2) is 0 Å². The lowest BCUT2D eigenvalue weighted by Crippen LogP contribution is -2.13. The highest BCUT2D eigenvalue weighted by molar-refractivity contribution is 6.30. The second kappa shape index (κ2) is 11.5. The fourth-order valence-electron chi connectivity index (χ4n) is 2.99. The third-order valence-electron chi connectivity index (χ3n) is 4.58. The summed E-state index contributed by atoms with van der Waals surface area (Å²) in [5, 5.41) is 23.6. The number of ether oxygens (including phenoxy) is 2. The molecule has 0 aromatic heterocycles. The number of amides is 1. The molecule has 0 radical (unpaired) electrons. The van der Waals surface area contributed by atoms with Crippen molar-refractivity contribution in [2.45, 2.75) is 13.5 Å². The van der Waals surface area contributed by atoms with Crippen LogP contribution in [0, 0.1) is 21.4 Å². The number of benzene rings is 3. The van der Waals surface area contributed by atoms with Crippen molar-refractivity contribution in [2.24, 2.45) is 0 Å². The molecule has 0 aliphatic heterocycles. The third-order valence-corrected chi connectivity index (χ3v) is 4.81. The van der Waals surface area contributed by atoms with E-state index in [0.29, 0.717) is 39.9 Å². The zero-order chi connectivity index (χ0) is 24.5. The number of nitriles is 1. The SMILES string of the molecule is CCOc1ccc(NC(=O)/C(C#N)=C/c2cc(Cl)ccc2OCc2cccc([N+](=O)[O-])c2)cc1. The highest BCUT2D eigenvalue weighted by atomic mass is 35.5. The Balaban J connectivity index is 1.79. The molecule has 0 heterocycles. The number of carbonyl (C=O) groups is 1. The number of carbonyl (C=O) groups excluding carboxylic acids is 1. The van der Waals surface area contributed by atoms with Crippen molar-refractivity contribution in [2.75, 3.05) is 11.9 Å². The first-order valence-corrected chi connectivity index (χ1v) is 10.6. The van der Waals surface area contributed by atoms with Gasteiger partial charge in [-0.3, -0.25) is 14.9 Å². The second-order valence-corrected chi connectivity index (χ2v) is 7.42. The van der Waals surface area contributed by atoms with Crippen LogP contribution in [0.5, 0.6) is 11.5 Å². The molecule has 1 N–H and O–H groups in total. The smallest absolute Gasteiger partial charge is 0.269 e. The minimum absolute atomic E-state index is 0.0460. The van der Waals surface area contributed by atoms with Crippen LogP contribution in [0.4, 0.5) is 11.4 Å². The van der Waals surface area contributed by atoms with Crippen LogP contribution < -0.4 is 14.8 Å². The second-order valence-electron chi connectivity index (χ2n) is 6.98. The molecule has 0 atom stereocenters. The summed E-state index contributed by atoms with van der Waals surface area (Å²) in [7, 11) is 0. The Hall–Kier alpha value is -4.35. The van der Waals surface area contributed by atoms with Crippen molar-refractivity contribution < 1.29 is 19.2 Å². The Bertz CT molecular complexity index is 1270. The number of halogens is 1. The highest BCUT2D eigenvalue weighted by Gasteiger charge is 2.13. The zero-order valence-corrected chi connectivity index (χ0v) is 18.9. The monoisotopic (exact) mass is 477 g/mol. The number of nitro benzene ring substituents is 1. The standard InChI is InChI=1S/C25H20ClN3O5/c1-2-33-23-9-7-21(8-10-23)28-25(30)19(15-27)13-18-14-20(26)6-11-24(18)34-16-17-4-3-5-22(12-17)29(31)32/h3-14H,2,16H2,1H3,(H,28,30)/b19-13+. The van der Waals surface area contributed by atoms with E-state index in [-0.39, 0.29) is 17.9 Å². The van der Waals surface area contributed by atoms with Gasteiger partial charge in [0.1, 0.15) is 29.7 Å². The minimum Gasteiger partial charge on any atom is -0.494 e.